The minimum Gasteiger partial charge on any atom is -0.320 e. The van der Waals surface area contributed by atoms with E-state index in [1.807, 2.05) is 0 Å². The Labute approximate surface area is 119 Å². The Morgan fingerprint density at radius 3 is 2.16 bits per heavy atom. The summed E-state index contributed by atoms with van der Waals surface area (Å²) in [6.45, 7) is 3.35. The van der Waals surface area contributed by atoms with Crippen LogP contribution in [0, 0.1) is 25.5 Å². The third-order valence-electron chi connectivity index (χ3n) is 3.12. The molecule has 2 aromatic rings. The van der Waals surface area contributed by atoms with Crippen LogP contribution in [0.3, 0.4) is 0 Å². The second-order valence-electron chi connectivity index (χ2n) is 4.61. The molecule has 1 nitrogen and oxygen atoms in total. The van der Waals surface area contributed by atoms with E-state index < -0.39 is 6.04 Å². The average molecular weight is 326 g/mol. The second kappa shape index (κ2) is 5.39. The van der Waals surface area contributed by atoms with Gasteiger partial charge in [-0.3, -0.25) is 0 Å². The molecule has 0 saturated carbocycles. The molecule has 19 heavy (non-hydrogen) atoms. The van der Waals surface area contributed by atoms with E-state index in [4.69, 9.17) is 5.73 Å². The molecule has 1 atom stereocenters. The SMILES string of the molecule is Cc1cc(C(N)c2ccc(Br)cc2F)cc(C)c1F. The smallest absolute Gasteiger partial charge is 0.129 e. The number of benzene rings is 2. The lowest BCUT2D eigenvalue weighted by molar-refractivity contribution is 0.595. The molecule has 0 heterocycles. The normalized spacial score (nSPS) is 12.5. The number of aryl methyl sites for hydroxylation is 2. The number of hydrogen-bond donors (Lipinski definition) is 1. The van der Waals surface area contributed by atoms with Gasteiger partial charge < -0.3 is 5.73 Å². The molecule has 0 spiro atoms. The van der Waals surface area contributed by atoms with E-state index in [1.54, 1.807) is 38.1 Å². The molecule has 0 aliphatic heterocycles. The molecular formula is C15H14BrF2N. The summed E-state index contributed by atoms with van der Waals surface area (Å²) in [6, 6.07) is 7.46. The maximum atomic E-state index is 13.9. The zero-order valence-corrected chi connectivity index (χ0v) is 12.3. The maximum absolute atomic E-state index is 13.9. The first kappa shape index (κ1) is 14.2. The van der Waals surface area contributed by atoms with Crippen molar-refractivity contribution in [2.75, 3.05) is 0 Å². The van der Waals surface area contributed by atoms with Crippen LogP contribution in [-0.4, -0.2) is 0 Å². The largest absolute Gasteiger partial charge is 0.320 e. The fraction of sp³-hybridized carbons (Fsp3) is 0.200. The van der Waals surface area contributed by atoms with E-state index in [0.29, 0.717) is 26.7 Å². The van der Waals surface area contributed by atoms with Crippen molar-refractivity contribution in [3.63, 3.8) is 0 Å². The van der Waals surface area contributed by atoms with Crippen LogP contribution in [0.1, 0.15) is 28.3 Å². The van der Waals surface area contributed by atoms with Gasteiger partial charge in [0, 0.05) is 10.0 Å². The molecule has 2 N–H and O–H groups in total. The van der Waals surface area contributed by atoms with Gasteiger partial charge >= 0.3 is 0 Å². The van der Waals surface area contributed by atoms with Gasteiger partial charge in [-0.2, -0.15) is 0 Å². The van der Waals surface area contributed by atoms with Gasteiger partial charge in [-0.1, -0.05) is 34.1 Å². The summed E-state index contributed by atoms with van der Waals surface area (Å²) in [5, 5.41) is 0. The van der Waals surface area contributed by atoms with E-state index in [0.717, 1.165) is 0 Å². The van der Waals surface area contributed by atoms with Crippen molar-refractivity contribution in [1.82, 2.24) is 0 Å². The Hall–Kier alpha value is -1.26. The third-order valence-corrected chi connectivity index (χ3v) is 3.61. The van der Waals surface area contributed by atoms with E-state index in [9.17, 15) is 8.78 Å². The Kier molecular flexibility index (Phi) is 4.02. The van der Waals surface area contributed by atoms with E-state index in [1.165, 1.54) is 6.07 Å². The van der Waals surface area contributed by atoms with Crippen LogP contribution in [-0.2, 0) is 0 Å². The van der Waals surface area contributed by atoms with Crippen LogP contribution >= 0.6 is 15.9 Å². The lowest BCUT2D eigenvalue weighted by atomic mass is 9.96. The molecule has 0 amide bonds. The predicted molar refractivity (Wildman–Crippen MR) is 76.0 cm³/mol. The highest BCUT2D eigenvalue weighted by Gasteiger charge is 2.16. The van der Waals surface area contributed by atoms with Gasteiger partial charge in [0.2, 0.25) is 0 Å². The van der Waals surface area contributed by atoms with Gasteiger partial charge in [0.15, 0.2) is 0 Å². The summed E-state index contributed by atoms with van der Waals surface area (Å²) < 4.78 is 28.1. The Morgan fingerprint density at radius 2 is 1.63 bits per heavy atom. The van der Waals surface area contributed by atoms with Gasteiger partial charge in [0.25, 0.3) is 0 Å². The van der Waals surface area contributed by atoms with Crippen LogP contribution in [0.25, 0.3) is 0 Å². The van der Waals surface area contributed by atoms with Gasteiger partial charge in [0.05, 0.1) is 6.04 Å². The first-order chi connectivity index (χ1) is 8.90. The van der Waals surface area contributed by atoms with Crippen molar-refractivity contribution in [3.05, 3.63) is 68.7 Å². The van der Waals surface area contributed by atoms with Crippen LogP contribution in [0.2, 0.25) is 0 Å². The summed E-state index contributed by atoms with van der Waals surface area (Å²) in [4.78, 5) is 0. The van der Waals surface area contributed by atoms with Crippen LogP contribution in [0.5, 0.6) is 0 Å². The quantitative estimate of drug-likeness (QED) is 0.870. The first-order valence-corrected chi connectivity index (χ1v) is 6.66. The van der Waals surface area contributed by atoms with Crippen molar-refractivity contribution in [2.45, 2.75) is 19.9 Å². The zero-order valence-electron chi connectivity index (χ0n) is 10.7. The van der Waals surface area contributed by atoms with Crippen molar-refractivity contribution in [2.24, 2.45) is 5.73 Å². The molecule has 1 unspecified atom stereocenters. The van der Waals surface area contributed by atoms with Gasteiger partial charge in [-0.15, -0.1) is 0 Å². The Balaban J connectivity index is 2.47. The fourth-order valence-corrected chi connectivity index (χ4v) is 2.43. The molecule has 4 heteroatoms. The molecule has 0 aromatic heterocycles. The zero-order chi connectivity index (χ0) is 14.2. The number of halogens is 3. The second-order valence-corrected chi connectivity index (χ2v) is 5.53. The molecule has 2 aromatic carbocycles. The highest BCUT2D eigenvalue weighted by atomic mass is 79.9. The van der Waals surface area contributed by atoms with Crippen molar-refractivity contribution < 1.29 is 8.78 Å². The summed E-state index contributed by atoms with van der Waals surface area (Å²) in [7, 11) is 0. The first-order valence-electron chi connectivity index (χ1n) is 5.87. The summed E-state index contributed by atoms with van der Waals surface area (Å²) in [6.07, 6.45) is 0. The monoisotopic (exact) mass is 325 g/mol. The van der Waals surface area contributed by atoms with Gasteiger partial charge in [-0.25, -0.2) is 8.78 Å². The lowest BCUT2D eigenvalue weighted by Gasteiger charge is -2.16. The van der Waals surface area contributed by atoms with Crippen LogP contribution in [0.15, 0.2) is 34.8 Å². The molecule has 0 aliphatic rings. The lowest BCUT2D eigenvalue weighted by Crippen LogP contribution is -2.14. The highest BCUT2D eigenvalue weighted by molar-refractivity contribution is 9.10. The molecule has 2 rings (SSSR count). The molecule has 0 aliphatic carbocycles. The molecular weight excluding hydrogens is 312 g/mol. The maximum Gasteiger partial charge on any atom is 0.129 e. The van der Waals surface area contributed by atoms with Crippen molar-refractivity contribution in [3.8, 4) is 0 Å². The highest BCUT2D eigenvalue weighted by Crippen LogP contribution is 2.27. The van der Waals surface area contributed by atoms with Crippen molar-refractivity contribution in [1.29, 1.82) is 0 Å². The molecule has 100 valence electrons. The van der Waals surface area contributed by atoms with E-state index in [-0.39, 0.29) is 11.6 Å². The van der Waals surface area contributed by atoms with Crippen LogP contribution in [0.4, 0.5) is 8.78 Å². The Morgan fingerprint density at radius 1 is 1.05 bits per heavy atom. The predicted octanol–water partition coefficient (Wildman–Crippen LogP) is 4.39. The average Bonchev–Trinajstić information content (AvgIpc) is 2.34. The standard InChI is InChI=1S/C15H14BrF2N/c1-8-5-10(6-9(2)14(8)18)15(19)12-4-3-11(16)7-13(12)17/h3-7,15H,19H2,1-2H3. The molecule has 0 saturated heterocycles. The molecule has 0 fully saturated rings. The minimum absolute atomic E-state index is 0.243. The van der Waals surface area contributed by atoms with E-state index in [2.05, 4.69) is 15.9 Å². The fourth-order valence-electron chi connectivity index (χ4n) is 2.09. The number of rotatable bonds is 2. The van der Waals surface area contributed by atoms with E-state index >= 15 is 0 Å². The summed E-state index contributed by atoms with van der Waals surface area (Å²) in [5.41, 5.74) is 8.21. The molecule has 0 bridgehead atoms. The van der Waals surface area contributed by atoms with Gasteiger partial charge in [-0.05, 0) is 42.7 Å². The minimum atomic E-state index is -0.605. The summed E-state index contributed by atoms with van der Waals surface area (Å²) in [5.74, 6) is -0.617. The number of nitrogens with two attached hydrogens (primary N) is 1. The van der Waals surface area contributed by atoms with Crippen molar-refractivity contribution >= 4 is 15.9 Å². The summed E-state index contributed by atoms with van der Waals surface area (Å²) >= 11 is 3.20. The Bertz CT molecular complexity index is 603. The van der Waals surface area contributed by atoms with Crippen LogP contribution < -0.4 is 5.73 Å². The topological polar surface area (TPSA) is 26.0 Å². The molecule has 0 radical (unpaired) electrons. The van der Waals surface area contributed by atoms with Gasteiger partial charge in [0.1, 0.15) is 11.6 Å². The number of hydrogen-bond acceptors (Lipinski definition) is 1. The third kappa shape index (κ3) is 2.85.